The van der Waals surface area contributed by atoms with Gasteiger partial charge < -0.3 is 14.5 Å². The lowest BCUT2D eigenvalue weighted by Gasteiger charge is -2.36. The van der Waals surface area contributed by atoms with Crippen LogP contribution in [0.2, 0.25) is 10.0 Å². The highest BCUT2D eigenvalue weighted by molar-refractivity contribution is 6.35. The lowest BCUT2D eigenvalue weighted by atomic mass is 10.2. The number of rotatable bonds is 4. The van der Waals surface area contributed by atoms with Gasteiger partial charge in [0.2, 0.25) is 0 Å². The van der Waals surface area contributed by atoms with Gasteiger partial charge >= 0.3 is 0 Å². The fourth-order valence-corrected chi connectivity index (χ4v) is 3.42. The Bertz CT molecular complexity index is 821. The van der Waals surface area contributed by atoms with Crippen molar-refractivity contribution in [2.75, 3.05) is 26.2 Å². The van der Waals surface area contributed by atoms with Crippen LogP contribution in [0.5, 0.6) is 5.75 Å². The van der Waals surface area contributed by atoms with Crippen LogP contribution in [-0.2, 0) is 4.79 Å². The molecule has 1 saturated heterocycles. The molecule has 1 aliphatic heterocycles. The first-order chi connectivity index (χ1) is 13.0. The molecule has 1 heterocycles. The Balaban J connectivity index is 1.55. The topological polar surface area (TPSA) is 49.9 Å². The van der Waals surface area contributed by atoms with E-state index in [1.165, 1.54) is 0 Å². The second-order valence-electron chi connectivity index (χ2n) is 6.32. The van der Waals surface area contributed by atoms with Crippen LogP contribution in [0.15, 0.2) is 48.5 Å². The van der Waals surface area contributed by atoms with Crippen molar-refractivity contribution in [1.82, 2.24) is 9.80 Å². The van der Waals surface area contributed by atoms with Gasteiger partial charge in [-0.1, -0.05) is 41.4 Å². The van der Waals surface area contributed by atoms with Gasteiger partial charge in [-0.15, -0.1) is 0 Å². The van der Waals surface area contributed by atoms with Crippen molar-refractivity contribution < 1.29 is 14.3 Å². The number of hydrogen-bond acceptors (Lipinski definition) is 3. The molecular formula is C20H20Cl2N2O3. The van der Waals surface area contributed by atoms with Gasteiger partial charge in [0.25, 0.3) is 11.8 Å². The summed E-state index contributed by atoms with van der Waals surface area (Å²) < 4.78 is 5.70. The van der Waals surface area contributed by atoms with Gasteiger partial charge in [0.05, 0.1) is 5.02 Å². The molecule has 1 fully saturated rings. The highest BCUT2D eigenvalue weighted by Crippen LogP contribution is 2.28. The van der Waals surface area contributed by atoms with Gasteiger partial charge in [-0.05, 0) is 37.3 Å². The molecule has 0 radical (unpaired) electrons. The monoisotopic (exact) mass is 406 g/mol. The highest BCUT2D eigenvalue weighted by atomic mass is 35.5. The highest BCUT2D eigenvalue weighted by Gasteiger charge is 2.28. The standard InChI is InChI=1S/C20H20Cl2N2O3/c1-14(27-18-8-7-16(21)13-17(18)22)19(25)23-9-11-24(12-10-23)20(26)15-5-3-2-4-6-15/h2-8,13-14H,9-12H2,1H3/t14-/m0/s1. The van der Waals surface area contributed by atoms with E-state index in [0.29, 0.717) is 47.5 Å². The largest absolute Gasteiger partial charge is 0.479 e. The number of nitrogens with zero attached hydrogens (tertiary/aromatic N) is 2. The molecule has 7 heteroatoms. The van der Waals surface area contributed by atoms with Crippen molar-refractivity contribution in [1.29, 1.82) is 0 Å². The number of amides is 2. The predicted octanol–water partition coefficient (Wildman–Crippen LogP) is 3.75. The number of carbonyl (C=O) groups excluding carboxylic acids is 2. The van der Waals surface area contributed by atoms with Gasteiger partial charge in [0, 0.05) is 36.8 Å². The fraction of sp³-hybridized carbons (Fsp3) is 0.300. The average molecular weight is 407 g/mol. The molecular weight excluding hydrogens is 387 g/mol. The third-order valence-electron chi connectivity index (χ3n) is 4.44. The smallest absolute Gasteiger partial charge is 0.263 e. The van der Waals surface area contributed by atoms with Crippen LogP contribution in [-0.4, -0.2) is 53.9 Å². The van der Waals surface area contributed by atoms with Crippen molar-refractivity contribution >= 4 is 35.0 Å². The summed E-state index contributed by atoms with van der Waals surface area (Å²) >= 11 is 12.0. The Morgan fingerprint density at radius 1 is 0.963 bits per heavy atom. The number of benzene rings is 2. The van der Waals surface area contributed by atoms with Crippen LogP contribution in [0.4, 0.5) is 0 Å². The van der Waals surface area contributed by atoms with Gasteiger partial charge in [-0.3, -0.25) is 9.59 Å². The van der Waals surface area contributed by atoms with Crippen LogP contribution in [0.3, 0.4) is 0 Å². The third kappa shape index (κ3) is 4.73. The third-order valence-corrected chi connectivity index (χ3v) is 4.98. The molecule has 0 aromatic heterocycles. The van der Waals surface area contributed by atoms with Crippen LogP contribution in [0.25, 0.3) is 0 Å². The van der Waals surface area contributed by atoms with Crippen LogP contribution >= 0.6 is 23.2 Å². The molecule has 0 unspecified atom stereocenters. The van der Waals surface area contributed by atoms with Crippen LogP contribution < -0.4 is 4.74 Å². The second kappa shape index (κ2) is 8.63. The molecule has 5 nitrogen and oxygen atoms in total. The van der Waals surface area contributed by atoms with Gasteiger partial charge in [0.15, 0.2) is 6.10 Å². The molecule has 142 valence electrons. The first kappa shape index (κ1) is 19.5. The average Bonchev–Trinajstić information content (AvgIpc) is 2.69. The normalized spacial score (nSPS) is 15.4. The maximum atomic E-state index is 12.7. The van der Waals surface area contributed by atoms with E-state index in [2.05, 4.69) is 0 Å². The maximum Gasteiger partial charge on any atom is 0.263 e. The van der Waals surface area contributed by atoms with E-state index in [4.69, 9.17) is 27.9 Å². The van der Waals surface area contributed by atoms with Crippen molar-refractivity contribution in [3.8, 4) is 5.75 Å². The fourth-order valence-electron chi connectivity index (χ4n) is 2.96. The Kier molecular flexibility index (Phi) is 6.24. The molecule has 1 atom stereocenters. The van der Waals surface area contributed by atoms with Crippen molar-refractivity contribution in [3.05, 3.63) is 64.1 Å². The quantitative estimate of drug-likeness (QED) is 0.776. The zero-order valence-corrected chi connectivity index (χ0v) is 16.4. The van der Waals surface area contributed by atoms with E-state index in [-0.39, 0.29) is 11.8 Å². The number of carbonyl (C=O) groups is 2. The molecule has 2 amide bonds. The SMILES string of the molecule is C[C@H](Oc1ccc(Cl)cc1Cl)C(=O)N1CCN(C(=O)c2ccccc2)CC1. The molecule has 0 N–H and O–H groups in total. The van der Waals surface area contributed by atoms with Crippen molar-refractivity contribution in [3.63, 3.8) is 0 Å². The minimum absolute atomic E-state index is 0.0139. The number of piperazine rings is 1. The summed E-state index contributed by atoms with van der Waals surface area (Å²) in [5, 5.41) is 0.867. The summed E-state index contributed by atoms with van der Waals surface area (Å²) in [5.74, 6) is 0.271. The van der Waals surface area contributed by atoms with E-state index in [1.807, 2.05) is 18.2 Å². The molecule has 0 saturated carbocycles. The lowest BCUT2D eigenvalue weighted by Crippen LogP contribution is -2.53. The Labute approximate surface area is 168 Å². The van der Waals surface area contributed by atoms with E-state index < -0.39 is 6.10 Å². The van der Waals surface area contributed by atoms with Crippen LogP contribution in [0, 0.1) is 0 Å². The first-order valence-corrected chi connectivity index (χ1v) is 9.46. The minimum Gasteiger partial charge on any atom is -0.479 e. The summed E-state index contributed by atoms with van der Waals surface area (Å²) in [6, 6.07) is 14.0. The number of hydrogen-bond donors (Lipinski definition) is 0. The van der Waals surface area contributed by atoms with Gasteiger partial charge in [-0.2, -0.15) is 0 Å². The molecule has 0 aliphatic carbocycles. The molecule has 2 aromatic rings. The summed E-state index contributed by atoms with van der Waals surface area (Å²) in [5.41, 5.74) is 0.659. The second-order valence-corrected chi connectivity index (χ2v) is 7.16. The van der Waals surface area contributed by atoms with E-state index in [0.717, 1.165) is 0 Å². The Morgan fingerprint density at radius 2 is 1.59 bits per heavy atom. The van der Waals surface area contributed by atoms with E-state index in [1.54, 1.807) is 47.1 Å². The summed E-state index contributed by atoms with van der Waals surface area (Å²) in [7, 11) is 0. The van der Waals surface area contributed by atoms with Crippen molar-refractivity contribution in [2.45, 2.75) is 13.0 Å². The number of ether oxygens (including phenoxy) is 1. The molecule has 1 aliphatic rings. The molecule has 3 rings (SSSR count). The number of halogens is 2. The van der Waals surface area contributed by atoms with Gasteiger partial charge in [-0.25, -0.2) is 0 Å². The van der Waals surface area contributed by atoms with Crippen LogP contribution in [0.1, 0.15) is 17.3 Å². The van der Waals surface area contributed by atoms with E-state index >= 15 is 0 Å². The summed E-state index contributed by atoms with van der Waals surface area (Å²) in [4.78, 5) is 28.6. The minimum atomic E-state index is -0.681. The summed E-state index contributed by atoms with van der Waals surface area (Å²) in [6.45, 7) is 3.62. The lowest BCUT2D eigenvalue weighted by molar-refractivity contribution is -0.139. The zero-order chi connectivity index (χ0) is 19.4. The van der Waals surface area contributed by atoms with Crippen molar-refractivity contribution in [2.24, 2.45) is 0 Å². The Morgan fingerprint density at radius 3 is 2.22 bits per heavy atom. The molecule has 27 heavy (non-hydrogen) atoms. The molecule has 0 bridgehead atoms. The Hall–Kier alpha value is -2.24. The summed E-state index contributed by atoms with van der Waals surface area (Å²) in [6.07, 6.45) is -0.681. The first-order valence-electron chi connectivity index (χ1n) is 8.70. The molecule has 0 spiro atoms. The zero-order valence-electron chi connectivity index (χ0n) is 14.9. The molecule has 2 aromatic carbocycles. The predicted molar refractivity (Wildman–Crippen MR) is 105 cm³/mol. The van der Waals surface area contributed by atoms with E-state index in [9.17, 15) is 9.59 Å². The van der Waals surface area contributed by atoms with Gasteiger partial charge in [0.1, 0.15) is 5.75 Å². The maximum absolute atomic E-state index is 12.7.